The lowest BCUT2D eigenvalue weighted by molar-refractivity contribution is 0.127. The summed E-state index contributed by atoms with van der Waals surface area (Å²) in [7, 11) is 0. The molecule has 3 aromatic heterocycles. The molecule has 2 aliphatic carbocycles. The fourth-order valence-corrected chi connectivity index (χ4v) is 4.09. The zero-order chi connectivity index (χ0) is 21.6. The minimum absolute atomic E-state index is 0.375. The fraction of sp³-hybridized carbons (Fsp3) is 0.478. The first-order valence-electron chi connectivity index (χ1n) is 10.8. The first kappa shape index (κ1) is 20.0. The zero-order valence-corrected chi connectivity index (χ0v) is 17.8. The van der Waals surface area contributed by atoms with E-state index in [0.717, 1.165) is 48.3 Å². The van der Waals surface area contributed by atoms with Crippen LogP contribution < -0.4 is 5.32 Å². The predicted molar refractivity (Wildman–Crippen MR) is 116 cm³/mol. The number of rotatable bonds is 6. The van der Waals surface area contributed by atoms with Gasteiger partial charge in [0.25, 0.3) is 6.43 Å². The second kappa shape index (κ2) is 7.66. The van der Waals surface area contributed by atoms with Gasteiger partial charge in [0.2, 0.25) is 5.95 Å². The van der Waals surface area contributed by atoms with E-state index in [9.17, 15) is 8.78 Å². The Labute approximate surface area is 179 Å². The van der Waals surface area contributed by atoms with Gasteiger partial charge in [0, 0.05) is 23.9 Å². The monoisotopic (exact) mass is 424 g/mol. The highest BCUT2D eigenvalue weighted by atomic mass is 19.3. The van der Waals surface area contributed by atoms with Crippen LogP contribution in [0.3, 0.4) is 0 Å². The molecule has 3 aromatic rings. The molecule has 0 aromatic carbocycles. The molecule has 0 saturated heterocycles. The number of imidazole rings is 1. The van der Waals surface area contributed by atoms with Crippen molar-refractivity contribution in [2.24, 2.45) is 5.41 Å². The van der Waals surface area contributed by atoms with Crippen molar-refractivity contribution < 1.29 is 8.78 Å². The molecule has 31 heavy (non-hydrogen) atoms. The maximum Gasteiger partial charge on any atom is 0.256 e. The molecule has 2 aliphatic rings. The smallest absolute Gasteiger partial charge is 0.256 e. The maximum absolute atomic E-state index is 13.1. The molecule has 0 amide bonds. The molecule has 6 nitrogen and oxygen atoms in total. The van der Waals surface area contributed by atoms with Crippen LogP contribution in [-0.4, -0.2) is 37.5 Å². The van der Waals surface area contributed by atoms with Crippen molar-refractivity contribution in [3.05, 3.63) is 47.2 Å². The van der Waals surface area contributed by atoms with Crippen molar-refractivity contribution in [2.45, 2.75) is 58.9 Å². The average molecular weight is 424 g/mol. The molecule has 1 fully saturated rings. The Hall–Kier alpha value is -2.90. The van der Waals surface area contributed by atoms with Gasteiger partial charge < -0.3 is 9.88 Å². The number of allylic oxidation sites excluding steroid dienone is 1. The van der Waals surface area contributed by atoms with Crippen LogP contribution in [0.5, 0.6) is 0 Å². The van der Waals surface area contributed by atoms with Crippen LogP contribution in [0.2, 0.25) is 0 Å². The zero-order valence-electron chi connectivity index (χ0n) is 17.8. The number of hydrogen-bond donors (Lipinski definition) is 1. The second-order valence-electron chi connectivity index (χ2n) is 8.93. The molecule has 162 valence electrons. The molecule has 0 spiro atoms. The number of fused-ring (bicyclic) bond motifs is 2. The van der Waals surface area contributed by atoms with Crippen LogP contribution in [0.4, 0.5) is 14.7 Å². The van der Waals surface area contributed by atoms with Crippen LogP contribution in [0.15, 0.2) is 24.4 Å². The quantitative estimate of drug-likeness (QED) is 0.617. The summed E-state index contributed by atoms with van der Waals surface area (Å²) in [5.41, 5.74) is 5.14. The standard InChI is InChI=1S/C23H26F2N6/c1-14-28-19-8-7-18(29-21(19)31(14)12-20(24)25)15-5-3-4-6-17-16(15)11-26-22(30-17)27-13-23(2)9-10-23/h5,7-8,11,20H,3-4,6,9-10,12-13H2,1-2H3,(H,26,27,30). The van der Waals surface area contributed by atoms with E-state index in [1.807, 2.05) is 18.3 Å². The minimum Gasteiger partial charge on any atom is -0.354 e. The lowest BCUT2D eigenvalue weighted by Crippen LogP contribution is -2.15. The summed E-state index contributed by atoms with van der Waals surface area (Å²) in [5, 5.41) is 3.38. The van der Waals surface area contributed by atoms with E-state index in [1.54, 1.807) is 6.92 Å². The second-order valence-corrected chi connectivity index (χ2v) is 8.93. The largest absolute Gasteiger partial charge is 0.354 e. The van der Waals surface area contributed by atoms with Gasteiger partial charge >= 0.3 is 0 Å². The van der Waals surface area contributed by atoms with Gasteiger partial charge in [-0.2, -0.15) is 0 Å². The molecular weight excluding hydrogens is 398 g/mol. The molecule has 1 saturated carbocycles. The highest BCUT2D eigenvalue weighted by molar-refractivity contribution is 5.83. The third-order valence-corrected chi connectivity index (χ3v) is 6.28. The molecule has 0 aliphatic heterocycles. The highest BCUT2D eigenvalue weighted by Gasteiger charge is 2.37. The van der Waals surface area contributed by atoms with Gasteiger partial charge in [-0.1, -0.05) is 13.0 Å². The first-order chi connectivity index (χ1) is 14.9. The number of hydrogen-bond acceptors (Lipinski definition) is 5. The van der Waals surface area contributed by atoms with Crippen LogP contribution in [0.1, 0.15) is 55.4 Å². The molecule has 0 unspecified atom stereocenters. The summed E-state index contributed by atoms with van der Waals surface area (Å²) in [6.45, 7) is 4.48. The van der Waals surface area contributed by atoms with Gasteiger partial charge in [-0.05, 0) is 56.6 Å². The van der Waals surface area contributed by atoms with Crippen LogP contribution in [0, 0.1) is 12.3 Å². The van der Waals surface area contributed by atoms with E-state index in [4.69, 9.17) is 9.97 Å². The molecule has 0 radical (unpaired) electrons. The van der Waals surface area contributed by atoms with Crippen molar-refractivity contribution in [1.29, 1.82) is 0 Å². The summed E-state index contributed by atoms with van der Waals surface area (Å²) in [6.07, 6.45) is 6.82. The number of halogens is 2. The summed E-state index contributed by atoms with van der Waals surface area (Å²) in [6, 6.07) is 3.76. The number of pyridine rings is 1. The Bertz CT molecular complexity index is 1160. The first-order valence-corrected chi connectivity index (χ1v) is 10.8. The average Bonchev–Trinajstić information content (AvgIpc) is 3.46. The normalized spacial score (nSPS) is 17.4. The Kier molecular flexibility index (Phi) is 4.95. The van der Waals surface area contributed by atoms with E-state index < -0.39 is 13.0 Å². The summed E-state index contributed by atoms with van der Waals surface area (Å²) < 4.78 is 27.6. The van der Waals surface area contributed by atoms with Gasteiger partial charge in [-0.3, -0.25) is 0 Å². The van der Waals surface area contributed by atoms with Crippen molar-refractivity contribution in [3.8, 4) is 0 Å². The van der Waals surface area contributed by atoms with E-state index in [0.29, 0.717) is 28.4 Å². The van der Waals surface area contributed by atoms with Crippen molar-refractivity contribution in [3.63, 3.8) is 0 Å². The molecule has 3 heterocycles. The lowest BCUT2D eigenvalue weighted by Gasteiger charge is -2.14. The SMILES string of the molecule is Cc1nc2ccc(C3=CCCCc4nc(NCC5(C)CC5)ncc43)nc2n1CC(F)F. The van der Waals surface area contributed by atoms with Gasteiger partial charge in [0.1, 0.15) is 11.3 Å². The highest BCUT2D eigenvalue weighted by Crippen LogP contribution is 2.44. The van der Waals surface area contributed by atoms with Crippen molar-refractivity contribution >= 4 is 22.7 Å². The number of aryl methyl sites for hydroxylation is 2. The maximum atomic E-state index is 13.1. The number of nitrogens with one attached hydrogen (secondary N) is 1. The predicted octanol–water partition coefficient (Wildman–Crippen LogP) is 4.77. The van der Waals surface area contributed by atoms with E-state index >= 15 is 0 Å². The lowest BCUT2D eigenvalue weighted by atomic mass is 10.0. The minimum atomic E-state index is -2.46. The topological polar surface area (TPSA) is 68.5 Å². The van der Waals surface area contributed by atoms with E-state index in [2.05, 4.69) is 28.3 Å². The summed E-state index contributed by atoms with van der Waals surface area (Å²) >= 11 is 0. The molecule has 5 rings (SSSR count). The van der Waals surface area contributed by atoms with Crippen LogP contribution in [-0.2, 0) is 13.0 Å². The number of nitrogens with zero attached hydrogens (tertiary/aromatic N) is 5. The molecule has 1 N–H and O–H groups in total. The van der Waals surface area contributed by atoms with Crippen LogP contribution in [0.25, 0.3) is 16.7 Å². The third-order valence-electron chi connectivity index (χ3n) is 6.28. The van der Waals surface area contributed by atoms with E-state index in [-0.39, 0.29) is 0 Å². The van der Waals surface area contributed by atoms with E-state index in [1.165, 1.54) is 17.4 Å². The van der Waals surface area contributed by atoms with Crippen LogP contribution >= 0.6 is 0 Å². The Morgan fingerprint density at radius 3 is 2.81 bits per heavy atom. The Morgan fingerprint density at radius 2 is 2.03 bits per heavy atom. The number of aromatic nitrogens is 5. The van der Waals surface area contributed by atoms with Gasteiger partial charge in [-0.25, -0.2) is 28.7 Å². The Morgan fingerprint density at radius 1 is 1.19 bits per heavy atom. The summed E-state index contributed by atoms with van der Waals surface area (Å²) in [4.78, 5) is 18.5. The van der Waals surface area contributed by atoms with Gasteiger partial charge in [0.15, 0.2) is 5.65 Å². The van der Waals surface area contributed by atoms with Gasteiger partial charge in [-0.15, -0.1) is 0 Å². The Balaban J connectivity index is 1.50. The van der Waals surface area contributed by atoms with Crippen molar-refractivity contribution in [2.75, 3.05) is 11.9 Å². The van der Waals surface area contributed by atoms with Gasteiger partial charge in [0.05, 0.1) is 17.9 Å². The third kappa shape index (κ3) is 4.03. The number of anilines is 1. The van der Waals surface area contributed by atoms with Crippen molar-refractivity contribution in [1.82, 2.24) is 24.5 Å². The molecule has 0 atom stereocenters. The molecule has 8 heteroatoms. The summed E-state index contributed by atoms with van der Waals surface area (Å²) in [5.74, 6) is 1.21. The fourth-order valence-electron chi connectivity index (χ4n) is 4.09. The molecular formula is C23H26F2N6. The number of alkyl halides is 2. The molecule has 0 bridgehead atoms.